The van der Waals surface area contributed by atoms with Crippen molar-refractivity contribution in [3.8, 4) is 0 Å². The number of hydrogen-bond donors (Lipinski definition) is 0. The van der Waals surface area contributed by atoms with Crippen LogP contribution in [0, 0.1) is 0 Å². The van der Waals surface area contributed by atoms with Crippen LogP contribution in [-0.2, 0) is 9.53 Å². The van der Waals surface area contributed by atoms with E-state index >= 15 is 0 Å². The van der Waals surface area contributed by atoms with Crippen LogP contribution in [0.3, 0.4) is 0 Å². The van der Waals surface area contributed by atoms with Gasteiger partial charge in [-0.25, -0.2) is 0 Å². The van der Waals surface area contributed by atoms with Crippen molar-refractivity contribution in [3.05, 3.63) is 42.0 Å². The summed E-state index contributed by atoms with van der Waals surface area (Å²) in [6, 6.07) is 10.1. The molecular weight excluding hydrogens is 250 g/mol. The summed E-state index contributed by atoms with van der Waals surface area (Å²) < 4.78 is 5.70. The Morgan fingerprint density at radius 3 is 2.70 bits per heavy atom. The van der Waals surface area contributed by atoms with E-state index < -0.39 is 0 Å². The molecule has 1 fully saturated rings. The van der Waals surface area contributed by atoms with Crippen molar-refractivity contribution < 1.29 is 9.53 Å². The Morgan fingerprint density at radius 2 is 2.05 bits per heavy atom. The molecule has 1 atom stereocenters. The lowest BCUT2D eigenvalue weighted by molar-refractivity contribution is -0.132. The number of benzene rings is 1. The van der Waals surface area contributed by atoms with Gasteiger partial charge in [-0.15, -0.1) is 0 Å². The number of ether oxygens (including phenoxy) is 1. The number of hydrogen-bond acceptors (Lipinski definition) is 2. The third kappa shape index (κ3) is 3.94. The first kappa shape index (κ1) is 14.8. The van der Waals surface area contributed by atoms with Crippen molar-refractivity contribution >= 4 is 12.0 Å². The van der Waals surface area contributed by atoms with Crippen LogP contribution in [0.25, 0.3) is 6.08 Å². The van der Waals surface area contributed by atoms with Crippen molar-refractivity contribution in [1.29, 1.82) is 0 Å². The van der Waals surface area contributed by atoms with Crippen LogP contribution >= 0.6 is 0 Å². The highest BCUT2D eigenvalue weighted by atomic mass is 16.5. The topological polar surface area (TPSA) is 29.5 Å². The van der Waals surface area contributed by atoms with Gasteiger partial charge in [0.15, 0.2) is 0 Å². The molecular formula is C17H23NO2. The smallest absolute Gasteiger partial charge is 0.246 e. The molecule has 2 rings (SSSR count). The molecule has 0 N–H and O–H groups in total. The average molecular weight is 273 g/mol. The largest absolute Gasteiger partial charge is 0.375 e. The molecule has 0 bridgehead atoms. The molecule has 0 aliphatic carbocycles. The van der Waals surface area contributed by atoms with Crippen LogP contribution in [-0.4, -0.2) is 36.1 Å². The van der Waals surface area contributed by atoms with Crippen molar-refractivity contribution in [2.75, 3.05) is 13.7 Å². The predicted molar refractivity (Wildman–Crippen MR) is 81.3 cm³/mol. The van der Waals surface area contributed by atoms with Crippen LogP contribution in [0.4, 0.5) is 0 Å². The summed E-state index contributed by atoms with van der Waals surface area (Å²) in [5, 5.41) is 0. The zero-order valence-electron chi connectivity index (χ0n) is 12.5. The van der Waals surface area contributed by atoms with Crippen LogP contribution in [0.5, 0.6) is 0 Å². The molecule has 1 aliphatic rings. The van der Waals surface area contributed by atoms with Gasteiger partial charge in [-0.3, -0.25) is 4.79 Å². The van der Waals surface area contributed by atoms with Crippen molar-refractivity contribution in [2.45, 2.75) is 38.3 Å². The van der Waals surface area contributed by atoms with E-state index in [1.807, 2.05) is 48.4 Å². The van der Waals surface area contributed by atoms with Crippen LogP contribution in [0.1, 0.15) is 32.3 Å². The number of likely N-dealkylation sites (N-methyl/N-ethyl adjacent to an activating group) is 1. The molecule has 1 aromatic rings. The second-order valence-electron chi connectivity index (χ2n) is 5.95. The minimum Gasteiger partial charge on any atom is -0.375 e. The van der Waals surface area contributed by atoms with Crippen LogP contribution in [0.2, 0.25) is 0 Å². The summed E-state index contributed by atoms with van der Waals surface area (Å²) in [7, 11) is 1.88. The fraction of sp³-hybridized carbons (Fsp3) is 0.471. The van der Waals surface area contributed by atoms with E-state index in [1.54, 1.807) is 6.08 Å². The molecule has 1 saturated heterocycles. The van der Waals surface area contributed by atoms with Gasteiger partial charge < -0.3 is 9.64 Å². The van der Waals surface area contributed by atoms with Gasteiger partial charge in [0, 0.05) is 25.8 Å². The molecule has 0 radical (unpaired) electrons. The summed E-state index contributed by atoms with van der Waals surface area (Å²) in [4.78, 5) is 14.1. The predicted octanol–water partition coefficient (Wildman–Crippen LogP) is 3.12. The van der Waals surface area contributed by atoms with Gasteiger partial charge in [0.05, 0.1) is 5.60 Å². The van der Waals surface area contributed by atoms with Crippen molar-refractivity contribution in [2.24, 2.45) is 0 Å². The number of rotatable bonds is 3. The third-order valence-electron chi connectivity index (χ3n) is 3.78. The van der Waals surface area contributed by atoms with Crippen molar-refractivity contribution in [3.63, 3.8) is 0 Å². The van der Waals surface area contributed by atoms with E-state index in [0.717, 1.165) is 25.0 Å². The zero-order valence-corrected chi connectivity index (χ0v) is 12.5. The first-order valence-electron chi connectivity index (χ1n) is 7.12. The molecule has 20 heavy (non-hydrogen) atoms. The molecule has 1 heterocycles. The third-order valence-corrected chi connectivity index (χ3v) is 3.78. The van der Waals surface area contributed by atoms with E-state index in [1.165, 1.54) is 0 Å². The Balaban J connectivity index is 1.97. The van der Waals surface area contributed by atoms with E-state index in [2.05, 4.69) is 13.8 Å². The van der Waals surface area contributed by atoms with Gasteiger partial charge in [-0.05, 0) is 38.3 Å². The summed E-state index contributed by atoms with van der Waals surface area (Å²) >= 11 is 0. The normalized spacial score (nSPS) is 21.9. The molecule has 0 unspecified atom stereocenters. The molecule has 1 amide bonds. The fourth-order valence-electron chi connectivity index (χ4n) is 2.56. The lowest BCUT2D eigenvalue weighted by Crippen LogP contribution is -2.46. The van der Waals surface area contributed by atoms with E-state index in [4.69, 9.17) is 4.74 Å². The summed E-state index contributed by atoms with van der Waals surface area (Å²) in [6.45, 7) is 4.88. The molecule has 0 aromatic heterocycles. The number of nitrogens with zero attached hydrogens (tertiary/aromatic N) is 1. The molecule has 1 aromatic carbocycles. The second kappa shape index (κ2) is 6.23. The zero-order chi connectivity index (χ0) is 14.6. The second-order valence-corrected chi connectivity index (χ2v) is 5.95. The Morgan fingerprint density at radius 1 is 1.35 bits per heavy atom. The maximum Gasteiger partial charge on any atom is 0.246 e. The molecule has 3 heteroatoms. The Bertz CT molecular complexity index is 479. The van der Waals surface area contributed by atoms with Crippen molar-refractivity contribution in [1.82, 2.24) is 4.90 Å². The molecule has 0 saturated carbocycles. The van der Waals surface area contributed by atoms with Crippen LogP contribution < -0.4 is 0 Å². The van der Waals surface area contributed by atoms with Gasteiger partial charge >= 0.3 is 0 Å². The van der Waals surface area contributed by atoms with E-state index in [9.17, 15) is 4.79 Å². The quantitative estimate of drug-likeness (QED) is 0.792. The highest BCUT2D eigenvalue weighted by molar-refractivity contribution is 5.91. The van der Waals surface area contributed by atoms with E-state index in [0.29, 0.717) is 0 Å². The van der Waals surface area contributed by atoms with Crippen LogP contribution in [0.15, 0.2) is 36.4 Å². The van der Waals surface area contributed by atoms with Gasteiger partial charge in [0.25, 0.3) is 0 Å². The first-order chi connectivity index (χ1) is 9.48. The summed E-state index contributed by atoms with van der Waals surface area (Å²) in [5.41, 5.74) is 0.905. The lowest BCUT2D eigenvalue weighted by Gasteiger charge is -2.39. The molecule has 3 nitrogen and oxygen atoms in total. The summed E-state index contributed by atoms with van der Waals surface area (Å²) in [5.74, 6) is 0.0524. The van der Waals surface area contributed by atoms with Gasteiger partial charge in [-0.1, -0.05) is 30.3 Å². The van der Waals surface area contributed by atoms with Gasteiger partial charge in [0.2, 0.25) is 5.91 Å². The SMILES string of the molecule is CN(C(=O)/C=C/c1ccccc1)[C@@H]1CCOC(C)(C)C1. The molecule has 0 spiro atoms. The fourth-order valence-corrected chi connectivity index (χ4v) is 2.56. The number of carbonyl (C=O) groups excluding carboxylic acids is 1. The molecule has 108 valence electrons. The Kier molecular flexibility index (Phi) is 4.61. The highest BCUT2D eigenvalue weighted by Gasteiger charge is 2.32. The lowest BCUT2D eigenvalue weighted by atomic mass is 9.93. The first-order valence-corrected chi connectivity index (χ1v) is 7.12. The molecule has 1 aliphatic heterocycles. The minimum absolute atomic E-state index is 0.0524. The Hall–Kier alpha value is -1.61. The average Bonchev–Trinajstić information content (AvgIpc) is 2.44. The summed E-state index contributed by atoms with van der Waals surface area (Å²) in [6.07, 6.45) is 5.31. The van der Waals surface area contributed by atoms with E-state index in [-0.39, 0.29) is 17.6 Å². The maximum absolute atomic E-state index is 12.2. The number of carbonyl (C=O) groups is 1. The highest BCUT2D eigenvalue weighted by Crippen LogP contribution is 2.26. The monoisotopic (exact) mass is 273 g/mol. The maximum atomic E-state index is 12.2. The number of amides is 1. The van der Waals surface area contributed by atoms with Gasteiger partial charge in [-0.2, -0.15) is 0 Å². The minimum atomic E-state index is -0.138. The Labute approximate surface area is 121 Å². The van der Waals surface area contributed by atoms with Gasteiger partial charge in [0.1, 0.15) is 0 Å². The standard InChI is InChI=1S/C17H23NO2/c1-17(2)13-15(11-12-20-17)18(3)16(19)10-9-14-7-5-4-6-8-14/h4-10,15H,11-13H2,1-3H3/b10-9+/t15-/m1/s1.